The first-order chi connectivity index (χ1) is 10.4. The molecule has 0 spiro atoms. The normalized spacial score (nSPS) is 21.6. The number of carbonyl (C=O) groups excluding carboxylic acids is 1. The minimum atomic E-state index is -0.863. The third kappa shape index (κ3) is 3.47. The number of morpholine rings is 1. The van der Waals surface area contributed by atoms with Crippen molar-refractivity contribution in [1.29, 1.82) is 0 Å². The van der Waals surface area contributed by atoms with Crippen LogP contribution in [0.3, 0.4) is 0 Å². The van der Waals surface area contributed by atoms with E-state index in [0.29, 0.717) is 19.7 Å². The van der Waals surface area contributed by atoms with E-state index in [2.05, 4.69) is 10.1 Å². The molecule has 0 radical (unpaired) electrons. The smallest absolute Gasteiger partial charge is 0.322 e. The highest BCUT2D eigenvalue weighted by atomic mass is 19.1. The Morgan fingerprint density at radius 3 is 2.64 bits per heavy atom. The van der Waals surface area contributed by atoms with Gasteiger partial charge in [-0.05, 0) is 13.3 Å². The van der Waals surface area contributed by atoms with Gasteiger partial charge >= 0.3 is 6.03 Å². The molecule has 22 heavy (non-hydrogen) atoms. The van der Waals surface area contributed by atoms with Crippen molar-refractivity contribution in [3.63, 3.8) is 0 Å². The maximum atomic E-state index is 13.6. The molecule has 7 heteroatoms. The Balaban J connectivity index is 2.09. The fourth-order valence-corrected chi connectivity index (χ4v) is 2.35. The molecule has 1 aromatic carbocycles. The lowest BCUT2D eigenvalue weighted by atomic mass is 10.0. The number of urea groups is 1. The van der Waals surface area contributed by atoms with Crippen LogP contribution >= 0.6 is 0 Å². The van der Waals surface area contributed by atoms with Crippen LogP contribution in [0.4, 0.5) is 19.3 Å². The van der Waals surface area contributed by atoms with E-state index in [1.807, 2.05) is 13.8 Å². The van der Waals surface area contributed by atoms with Crippen molar-refractivity contribution in [3.8, 4) is 5.75 Å². The van der Waals surface area contributed by atoms with E-state index >= 15 is 0 Å². The van der Waals surface area contributed by atoms with Gasteiger partial charge in [-0.3, -0.25) is 0 Å². The molecule has 122 valence electrons. The molecule has 1 unspecified atom stereocenters. The number of carbonyl (C=O) groups is 1. The summed E-state index contributed by atoms with van der Waals surface area (Å²) in [6.45, 7) is 5.21. The Kier molecular flexibility index (Phi) is 4.85. The molecule has 1 aliphatic heterocycles. The highest BCUT2D eigenvalue weighted by molar-refractivity contribution is 5.89. The number of methoxy groups -OCH3 is 1. The van der Waals surface area contributed by atoms with Crippen LogP contribution in [0.2, 0.25) is 0 Å². The summed E-state index contributed by atoms with van der Waals surface area (Å²) in [4.78, 5) is 13.8. The summed E-state index contributed by atoms with van der Waals surface area (Å²) in [5.41, 5.74) is -0.350. The number of benzene rings is 1. The standard InChI is InChI=1S/C15H20F2N2O3/c1-4-15(2)9-19(5-6-22-15)14(20)18-10-7-11(16)13(21-3)12(17)8-10/h7-8H,4-6,9H2,1-3H3,(H,18,20). The van der Waals surface area contributed by atoms with E-state index in [4.69, 9.17) is 4.74 Å². The Hall–Kier alpha value is -1.89. The summed E-state index contributed by atoms with van der Waals surface area (Å²) in [7, 11) is 1.18. The Morgan fingerprint density at radius 1 is 1.45 bits per heavy atom. The van der Waals surface area contributed by atoms with Crippen LogP contribution in [0, 0.1) is 11.6 Å². The van der Waals surface area contributed by atoms with Crippen LogP contribution in [-0.4, -0.2) is 43.3 Å². The number of rotatable bonds is 3. The quantitative estimate of drug-likeness (QED) is 0.933. The van der Waals surface area contributed by atoms with Crippen molar-refractivity contribution < 1.29 is 23.0 Å². The van der Waals surface area contributed by atoms with Crippen molar-refractivity contribution in [3.05, 3.63) is 23.8 Å². The summed E-state index contributed by atoms with van der Waals surface area (Å²) in [6.07, 6.45) is 0.766. The van der Waals surface area contributed by atoms with E-state index in [9.17, 15) is 13.6 Å². The van der Waals surface area contributed by atoms with Crippen molar-refractivity contribution in [2.75, 3.05) is 32.1 Å². The van der Waals surface area contributed by atoms with Crippen molar-refractivity contribution >= 4 is 11.7 Å². The number of nitrogens with zero attached hydrogens (tertiary/aromatic N) is 1. The van der Waals surface area contributed by atoms with Gasteiger partial charge in [-0.15, -0.1) is 0 Å². The van der Waals surface area contributed by atoms with Gasteiger partial charge in [0.15, 0.2) is 17.4 Å². The molecule has 1 fully saturated rings. The first-order valence-corrected chi connectivity index (χ1v) is 7.11. The molecule has 0 aromatic heterocycles. The van der Waals surface area contributed by atoms with E-state index < -0.39 is 29.0 Å². The highest BCUT2D eigenvalue weighted by Gasteiger charge is 2.32. The van der Waals surface area contributed by atoms with Gasteiger partial charge in [-0.25, -0.2) is 13.6 Å². The van der Waals surface area contributed by atoms with Gasteiger partial charge in [0.25, 0.3) is 0 Å². The van der Waals surface area contributed by atoms with Crippen LogP contribution in [-0.2, 0) is 4.74 Å². The average Bonchev–Trinajstić information content (AvgIpc) is 2.47. The molecule has 0 bridgehead atoms. The first kappa shape index (κ1) is 16.5. The Morgan fingerprint density at radius 2 is 2.09 bits per heavy atom. The van der Waals surface area contributed by atoms with Gasteiger partial charge < -0.3 is 19.7 Å². The second-order valence-electron chi connectivity index (χ2n) is 5.48. The third-order valence-electron chi connectivity index (χ3n) is 3.83. The summed E-state index contributed by atoms with van der Waals surface area (Å²) in [6, 6.07) is 1.64. The minimum Gasteiger partial charge on any atom is -0.491 e. The van der Waals surface area contributed by atoms with Crippen LogP contribution in [0.5, 0.6) is 5.75 Å². The molecule has 1 saturated heterocycles. The topological polar surface area (TPSA) is 50.8 Å². The lowest BCUT2D eigenvalue weighted by Gasteiger charge is -2.39. The van der Waals surface area contributed by atoms with Gasteiger partial charge in [-0.1, -0.05) is 6.92 Å². The fraction of sp³-hybridized carbons (Fsp3) is 0.533. The first-order valence-electron chi connectivity index (χ1n) is 7.11. The molecule has 1 N–H and O–H groups in total. The monoisotopic (exact) mass is 314 g/mol. The van der Waals surface area contributed by atoms with E-state index in [0.717, 1.165) is 18.6 Å². The maximum Gasteiger partial charge on any atom is 0.322 e. The van der Waals surface area contributed by atoms with Crippen molar-refractivity contribution in [2.45, 2.75) is 25.9 Å². The van der Waals surface area contributed by atoms with E-state index in [1.54, 1.807) is 4.90 Å². The minimum absolute atomic E-state index is 0.0468. The number of nitrogens with one attached hydrogen (secondary N) is 1. The molecule has 2 rings (SSSR count). The molecule has 1 aliphatic rings. The zero-order valence-electron chi connectivity index (χ0n) is 12.9. The summed E-state index contributed by atoms with van der Waals surface area (Å²) >= 11 is 0. The molecular formula is C15H20F2N2O3. The predicted octanol–water partition coefficient (Wildman–Crippen LogP) is 3.01. The number of ether oxygens (including phenoxy) is 2. The fourth-order valence-electron chi connectivity index (χ4n) is 2.35. The lowest BCUT2D eigenvalue weighted by molar-refractivity contribution is -0.0860. The Bertz CT molecular complexity index is 545. The summed E-state index contributed by atoms with van der Waals surface area (Å²) in [5, 5.41) is 2.50. The summed E-state index contributed by atoms with van der Waals surface area (Å²) in [5.74, 6) is -2.20. The zero-order valence-corrected chi connectivity index (χ0v) is 12.9. The number of halogens is 2. The molecule has 1 aromatic rings. The van der Waals surface area contributed by atoms with Gasteiger partial charge in [0.05, 0.1) is 25.9 Å². The average molecular weight is 314 g/mol. The zero-order chi connectivity index (χ0) is 16.3. The maximum absolute atomic E-state index is 13.6. The van der Waals surface area contributed by atoms with Gasteiger partial charge in [-0.2, -0.15) is 0 Å². The number of hydrogen-bond acceptors (Lipinski definition) is 3. The largest absolute Gasteiger partial charge is 0.491 e. The lowest BCUT2D eigenvalue weighted by Crippen LogP contribution is -2.53. The number of anilines is 1. The van der Waals surface area contributed by atoms with E-state index in [-0.39, 0.29) is 5.69 Å². The molecule has 1 atom stereocenters. The van der Waals surface area contributed by atoms with Gasteiger partial charge in [0.1, 0.15) is 0 Å². The van der Waals surface area contributed by atoms with Crippen LogP contribution in [0.15, 0.2) is 12.1 Å². The number of amides is 2. The van der Waals surface area contributed by atoms with Gasteiger partial charge in [0.2, 0.25) is 0 Å². The van der Waals surface area contributed by atoms with Crippen LogP contribution < -0.4 is 10.1 Å². The SMILES string of the molecule is CCC1(C)CN(C(=O)Nc2cc(F)c(OC)c(F)c2)CCO1. The Labute approximate surface area is 128 Å². The molecular weight excluding hydrogens is 294 g/mol. The highest BCUT2D eigenvalue weighted by Crippen LogP contribution is 2.26. The predicted molar refractivity (Wildman–Crippen MR) is 78.1 cm³/mol. The van der Waals surface area contributed by atoms with E-state index in [1.165, 1.54) is 7.11 Å². The molecule has 5 nitrogen and oxygen atoms in total. The molecule has 2 amide bonds. The molecule has 1 heterocycles. The van der Waals surface area contributed by atoms with Crippen molar-refractivity contribution in [1.82, 2.24) is 4.90 Å². The molecule has 0 saturated carbocycles. The summed E-state index contributed by atoms with van der Waals surface area (Å²) < 4.78 is 37.5. The second kappa shape index (κ2) is 6.48. The van der Waals surface area contributed by atoms with Crippen LogP contribution in [0.25, 0.3) is 0 Å². The third-order valence-corrected chi connectivity index (χ3v) is 3.83. The second-order valence-corrected chi connectivity index (χ2v) is 5.48. The number of hydrogen-bond donors (Lipinski definition) is 1. The van der Waals surface area contributed by atoms with Crippen molar-refractivity contribution in [2.24, 2.45) is 0 Å². The molecule has 0 aliphatic carbocycles. The van der Waals surface area contributed by atoms with Gasteiger partial charge in [0, 0.05) is 24.4 Å². The van der Waals surface area contributed by atoms with Crippen LogP contribution in [0.1, 0.15) is 20.3 Å².